The van der Waals surface area contributed by atoms with Crippen molar-refractivity contribution >= 4 is 10.0 Å². The second-order valence-electron chi connectivity index (χ2n) is 4.46. The van der Waals surface area contributed by atoms with Crippen molar-refractivity contribution in [2.24, 2.45) is 11.7 Å². The number of benzene rings is 1. The molecule has 2 atom stereocenters. The molecule has 0 radical (unpaired) electrons. The first-order valence-corrected chi connectivity index (χ1v) is 7.95. The van der Waals surface area contributed by atoms with Crippen LogP contribution in [0.1, 0.15) is 13.8 Å². The smallest absolute Gasteiger partial charge is 0.240 e. The van der Waals surface area contributed by atoms with Gasteiger partial charge in [0.1, 0.15) is 11.9 Å². The molecule has 0 saturated carbocycles. The van der Waals surface area contributed by atoms with Gasteiger partial charge < -0.3 is 10.5 Å². The maximum atomic E-state index is 13.1. The Morgan fingerprint density at radius 2 is 1.95 bits per heavy atom. The Morgan fingerprint density at radius 3 is 2.40 bits per heavy atom. The SMILES string of the molecule is CCNS(=O)(=O)c1ccc(OCC(CN)C(C)F)cc1. The summed E-state index contributed by atoms with van der Waals surface area (Å²) in [4.78, 5) is 0.168. The van der Waals surface area contributed by atoms with Crippen molar-refractivity contribution in [2.45, 2.75) is 24.9 Å². The lowest BCUT2D eigenvalue weighted by molar-refractivity contribution is 0.169. The molecule has 0 aromatic heterocycles. The molecule has 114 valence electrons. The van der Waals surface area contributed by atoms with Crippen molar-refractivity contribution in [3.63, 3.8) is 0 Å². The Morgan fingerprint density at radius 1 is 1.35 bits per heavy atom. The number of nitrogens with two attached hydrogens (primary N) is 1. The van der Waals surface area contributed by atoms with Crippen LogP contribution in [0.4, 0.5) is 4.39 Å². The lowest BCUT2D eigenvalue weighted by atomic mass is 10.1. The summed E-state index contributed by atoms with van der Waals surface area (Å²) in [5.74, 6) is 0.111. The van der Waals surface area contributed by atoms with E-state index in [1.165, 1.54) is 19.1 Å². The molecule has 0 aliphatic heterocycles. The van der Waals surface area contributed by atoms with Crippen LogP contribution >= 0.6 is 0 Å². The zero-order chi connectivity index (χ0) is 15.2. The van der Waals surface area contributed by atoms with E-state index in [4.69, 9.17) is 10.5 Å². The zero-order valence-corrected chi connectivity index (χ0v) is 12.5. The number of ether oxygens (including phenoxy) is 1. The van der Waals surface area contributed by atoms with Crippen molar-refractivity contribution in [1.82, 2.24) is 4.72 Å². The summed E-state index contributed by atoms with van der Waals surface area (Å²) in [6.45, 7) is 3.83. The third-order valence-electron chi connectivity index (χ3n) is 2.88. The van der Waals surface area contributed by atoms with Crippen molar-refractivity contribution in [2.75, 3.05) is 19.7 Å². The van der Waals surface area contributed by atoms with Crippen LogP contribution in [0.3, 0.4) is 0 Å². The first-order chi connectivity index (χ1) is 9.40. The average Bonchev–Trinajstić information content (AvgIpc) is 2.39. The molecule has 20 heavy (non-hydrogen) atoms. The highest BCUT2D eigenvalue weighted by Crippen LogP contribution is 2.17. The van der Waals surface area contributed by atoms with Gasteiger partial charge in [-0.2, -0.15) is 0 Å². The minimum absolute atomic E-state index is 0.160. The van der Waals surface area contributed by atoms with E-state index in [0.29, 0.717) is 12.3 Å². The number of sulfonamides is 1. The summed E-state index contributed by atoms with van der Waals surface area (Å²) < 4.78 is 44.4. The Bertz CT molecular complexity index is 503. The van der Waals surface area contributed by atoms with E-state index in [1.54, 1.807) is 19.1 Å². The van der Waals surface area contributed by atoms with Gasteiger partial charge in [0, 0.05) is 19.0 Å². The van der Waals surface area contributed by atoms with Crippen LogP contribution in [0.25, 0.3) is 0 Å². The van der Waals surface area contributed by atoms with Crippen LogP contribution in [0.5, 0.6) is 5.75 Å². The van der Waals surface area contributed by atoms with Gasteiger partial charge in [0.25, 0.3) is 0 Å². The number of rotatable bonds is 8. The van der Waals surface area contributed by atoms with Gasteiger partial charge in [-0.15, -0.1) is 0 Å². The topological polar surface area (TPSA) is 81.4 Å². The van der Waals surface area contributed by atoms with Gasteiger partial charge in [-0.05, 0) is 31.2 Å². The number of hydrogen-bond acceptors (Lipinski definition) is 4. The van der Waals surface area contributed by atoms with Gasteiger partial charge in [0.2, 0.25) is 10.0 Å². The molecule has 0 amide bonds. The van der Waals surface area contributed by atoms with Crippen LogP contribution in [-0.2, 0) is 10.0 Å². The normalized spacial score (nSPS) is 14.8. The van der Waals surface area contributed by atoms with Gasteiger partial charge in [-0.25, -0.2) is 17.5 Å². The summed E-state index contributed by atoms with van der Waals surface area (Å²) in [5, 5.41) is 0. The monoisotopic (exact) mass is 304 g/mol. The molecular formula is C13H21FN2O3S. The first-order valence-electron chi connectivity index (χ1n) is 6.47. The average molecular weight is 304 g/mol. The van der Waals surface area contributed by atoms with Crippen LogP contribution in [0, 0.1) is 5.92 Å². The molecule has 7 heteroatoms. The van der Waals surface area contributed by atoms with E-state index in [0.717, 1.165) is 0 Å². The van der Waals surface area contributed by atoms with Crippen LogP contribution in [0.15, 0.2) is 29.2 Å². The van der Waals surface area contributed by atoms with Gasteiger partial charge >= 0.3 is 0 Å². The van der Waals surface area contributed by atoms with E-state index in [1.807, 2.05) is 0 Å². The minimum atomic E-state index is -3.46. The molecule has 1 aromatic rings. The lowest BCUT2D eigenvalue weighted by Crippen LogP contribution is -2.28. The molecule has 3 N–H and O–H groups in total. The van der Waals surface area contributed by atoms with Crippen LogP contribution in [-0.4, -0.2) is 34.3 Å². The number of nitrogens with one attached hydrogen (secondary N) is 1. The molecule has 5 nitrogen and oxygen atoms in total. The molecule has 0 heterocycles. The van der Waals surface area contributed by atoms with Crippen molar-refractivity contribution in [1.29, 1.82) is 0 Å². The highest BCUT2D eigenvalue weighted by atomic mass is 32.2. The van der Waals surface area contributed by atoms with Gasteiger partial charge in [-0.1, -0.05) is 6.92 Å². The van der Waals surface area contributed by atoms with E-state index in [9.17, 15) is 12.8 Å². The van der Waals surface area contributed by atoms with E-state index in [2.05, 4.69) is 4.72 Å². The van der Waals surface area contributed by atoms with Gasteiger partial charge in [0.05, 0.1) is 11.5 Å². The maximum Gasteiger partial charge on any atom is 0.240 e. The summed E-state index contributed by atoms with van der Waals surface area (Å²) in [6, 6.07) is 5.98. The van der Waals surface area contributed by atoms with Crippen molar-refractivity contribution in [3.05, 3.63) is 24.3 Å². The third kappa shape index (κ3) is 4.73. The standard InChI is InChI=1S/C13H21FN2O3S/c1-3-16-20(17,18)13-6-4-12(5-7-13)19-9-11(8-15)10(2)14/h4-7,10-11,16H,3,8-9,15H2,1-2H3. The fourth-order valence-electron chi connectivity index (χ4n) is 1.58. The van der Waals surface area contributed by atoms with Crippen LogP contribution in [0.2, 0.25) is 0 Å². The predicted molar refractivity (Wildman–Crippen MR) is 75.9 cm³/mol. The minimum Gasteiger partial charge on any atom is -0.493 e. The highest BCUT2D eigenvalue weighted by molar-refractivity contribution is 7.89. The Kier molecular flexibility index (Phi) is 6.38. The second kappa shape index (κ2) is 7.56. The molecule has 0 fully saturated rings. The molecule has 0 saturated heterocycles. The molecule has 1 rings (SSSR count). The Labute approximate surface area is 119 Å². The number of hydrogen-bond donors (Lipinski definition) is 2. The predicted octanol–water partition coefficient (Wildman–Crippen LogP) is 1.30. The zero-order valence-electron chi connectivity index (χ0n) is 11.7. The largest absolute Gasteiger partial charge is 0.493 e. The molecule has 1 aromatic carbocycles. The summed E-state index contributed by atoms with van der Waals surface area (Å²) in [7, 11) is -3.46. The third-order valence-corrected chi connectivity index (χ3v) is 4.45. The number of alkyl halides is 1. The maximum absolute atomic E-state index is 13.1. The van der Waals surface area contributed by atoms with Crippen molar-refractivity contribution < 1.29 is 17.5 Å². The molecule has 0 spiro atoms. The summed E-state index contributed by atoms with van der Waals surface area (Å²) in [6.07, 6.45) is -1.05. The van der Waals surface area contributed by atoms with Crippen molar-refractivity contribution in [3.8, 4) is 5.75 Å². The Hall–Kier alpha value is -1.18. The number of halogens is 1. The second-order valence-corrected chi connectivity index (χ2v) is 6.22. The molecule has 2 unspecified atom stereocenters. The molecule has 0 aliphatic carbocycles. The lowest BCUT2D eigenvalue weighted by Gasteiger charge is -2.17. The van der Waals surface area contributed by atoms with E-state index >= 15 is 0 Å². The van der Waals surface area contributed by atoms with E-state index in [-0.39, 0.29) is 24.0 Å². The van der Waals surface area contributed by atoms with Gasteiger partial charge in [0.15, 0.2) is 0 Å². The quantitative estimate of drug-likeness (QED) is 0.758. The highest BCUT2D eigenvalue weighted by Gasteiger charge is 2.16. The molecular weight excluding hydrogens is 283 g/mol. The van der Waals surface area contributed by atoms with Gasteiger partial charge in [-0.3, -0.25) is 0 Å². The molecule has 0 aliphatic rings. The fourth-order valence-corrected chi connectivity index (χ4v) is 2.62. The van der Waals surface area contributed by atoms with E-state index < -0.39 is 16.2 Å². The summed E-state index contributed by atoms with van der Waals surface area (Å²) >= 11 is 0. The fraction of sp³-hybridized carbons (Fsp3) is 0.538. The summed E-state index contributed by atoms with van der Waals surface area (Å²) in [5.41, 5.74) is 5.44. The van der Waals surface area contributed by atoms with Crippen LogP contribution < -0.4 is 15.2 Å². The molecule has 0 bridgehead atoms. The Balaban J connectivity index is 2.68. The first kappa shape index (κ1) is 16.9.